The second-order valence-corrected chi connectivity index (χ2v) is 7.34. The van der Waals surface area contributed by atoms with Crippen LogP contribution in [0.3, 0.4) is 0 Å². The normalized spacial score (nSPS) is 17.4. The smallest absolute Gasteiger partial charge is 0.335 e. The molecule has 6 nitrogen and oxygen atoms in total. The van der Waals surface area contributed by atoms with E-state index in [0.717, 1.165) is 5.56 Å². The quantitative estimate of drug-likeness (QED) is 0.919. The van der Waals surface area contributed by atoms with Gasteiger partial charge in [-0.2, -0.15) is 0 Å². The Morgan fingerprint density at radius 1 is 1.17 bits per heavy atom. The molecule has 1 atom stereocenters. The number of anilines is 1. The van der Waals surface area contributed by atoms with E-state index in [0.29, 0.717) is 18.7 Å². The lowest BCUT2D eigenvalue weighted by Crippen LogP contribution is -2.37. The third-order valence-corrected chi connectivity index (χ3v) is 5.95. The second-order valence-electron chi connectivity index (χ2n) is 5.48. The Morgan fingerprint density at radius 3 is 2.46 bits per heavy atom. The highest BCUT2D eigenvalue weighted by Gasteiger charge is 2.32. The van der Waals surface area contributed by atoms with Gasteiger partial charge in [0, 0.05) is 19.2 Å². The van der Waals surface area contributed by atoms with Gasteiger partial charge in [-0.25, -0.2) is 13.2 Å². The molecule has 0 amide bonds. The molecule has 0 aromatic heterocycles. The van der Waals surface area contributed by atoms with Crippen molar-refractivity contribution in [3.63, 3.8) is 0 Å². The number of methoxy groups -OCH3 is 1. The predicted molar refractivity (Wildman–Crippen MR) is 88.7 cm³/mol. The number of aromatic carboxylic acids is 1. The average Bonchev–Trinajstić information content (AvgIpc) is 2.60. The van der Waals surface area contributed by atoms with Gasteiger partial charge in [0.25, 0.3) is 10.0 Å². The van der Waals surface area contributed by atoms with Crippen LogP contribution in [-0.4, -0.2) is 33.1 Å². The second kappa shape index (κ2) is 6.26. The minimum atomic E-state index is -3.76. The molecule has 1 aliphatic heterocycles. The van der Waals surface area contributed by atoms with E-state index in [2.05, 4.69) is 0 Å². The topological polar surface area (TPSA) is 83.9 Å². The zero-order valence-electron chi connectivity index (χ0n) is 13.0. The van der Waals surface area contributed by atoms with Crippen LogP contribution in [0.25, 0.3) is 0 Å². The van der Waals surface area contributed by atoms with Crippen molar-refractivity contribution in [3.05, 3.63) is 59.7 Å². The van der Waals surface area contributed by atoms with Crippen molar-refractivity contribution in [2.75, 3.05) is 18.0 Å². The van der Waals surface area contributed by atoms with E-state index in [-0.39, 0.29) is 16.6 Å². The number of fused-ring (bicyclic) bond motifs is 1. The van der Waals surface area contributed by atoms with Crippen molar-refractivity contribution in [1.82, 2.24) is 0 Å². The molecule has 1 N–H and O–H groups in total. The number of hydrogen-bond donors (Lipinski definition) is 1. The van der Waals surface area contributed by atoms with Crippen molar-refractivity contribution in [1.29, 1.82) is 0 Å². The average molecular weight is 347 g/mol. The molecule has 0 radical (unpaired) electrons. The number of sulfonamides is 1. The summed E-state index contributed by atoms with van der Waals surface area (Å²) in [5, 5.41) is 8.94. The molecule has 0 bridgehead atoms. The molecular weight excluding hydrogens is 330 g/mol. The Hall–Kier alpha value is -2.38. The molecule has 0 saturated heterocycles. The maximum absolute atomic E-state index is 13.0. The lowest BCUT2D eigenvalue weighted by Gasteiger charge is -2.34. The van der Waals surface area contributed by atoms with Crippen LogP contribution in [0.2, 0.25) is 0 Å². The van der Waals surface area contributed by atoms with E-state index in [1.807, 2.05) is 12.1 Å². The van der Waals surface area contributed by atoms with Crippen molar-refractivity contribution in [3.8, 4) is 0 Å². The molecule has 24 heavy (non-hydrogen) atoms. The molecule has 1 heterocycles. The highest BCUT2D eigenvalue weighted by molar-refractivity contribution is 7.92. The monoisotopic (exact) mass is 347 g/mol. The summed E-state index contributed by atoms with van der Waals surface area (Å²) in [5.74, 6) is -1.09. The SMILES string of the molecule is COC1CCN(S(=O)(=O)c2ccc(C(=O)O)cc2)c2ccccc21. The van der Waals surface area contributed by atoms with Gasteiger partial charge in [-0.05, 0) is 36.8 Å². The zero-order valence-corrected chi connectivity index (χ0v) is 13.9. The van der Waals surface area contributed by atoms with Crippen LogP contribution in [0, 0.1) is 0 Å². The van der Waals surface area contributed by atoms with E-state index >= 15 is 0 Å². The molecule has 0 aliphatic carbocycles. The fourth-order valence-corrected chi connectivity index (χ4v) is 4.39. The van der Waals surface area contributed by atoms with Gasteiger partial charge < -0.3 is 9.84 Å². The van der Waals surface area contributed by atoms with Crippen LogP contribution >= 0.6 is 0 Å². The van der Waals surface area contributed by atoms with E-state index < -0.39 is 16.0 Å². The number of ether oxygens (including phenoxy) is 1. The van der Waals surface area contributed by atoms with Crippen molar-refractivity contribution >= 4 is 21.7 Å². The first-order chi connectivity index (χ1) is 11.4. The summed E-state index contributed by atoms with van der Waals surface area (Å²) in [6, 6.07) is 12.5. The first-order valence-electron chi connectivity index (χ1n) is 7.43. The number of carboxylic acid groups (broad SMARTS) is 1. The largest absolute Gasteiger partial charge is 0.478 e. The first kappa shape index (κ1) is 16.5. The maximum atomic E-state index is 13.0. The van der Waals surface area contributed by atoms with E-state index in [9.17, 15) is 13.2 Å². The molecule has 0 saturated carbocycles. The molecule has 7 heteroatoms. The summed E-state index contributed by atoms with van der Waals surface area (Å²) in [6.45, 7) is 0.304. The Bertz CT molecular complexity index is 861. The van der Waals surface area contributed by atoms with Gasteiger partial charge in [0.2, 0.25) is 0 Å². The van der Waals surface area contributed by atoms with Crippen LogP contribution in [0.15, 0.2) is 53.4 Å². The van der Waals surface area contributed by atoms with Gasteiger partial charge in [0.1, 0.15) is 0 Å². The molecule has 1 aliphatic rings. The highest BCUT2D eigenvalue weighted by Crippen LogP contribution is 2.38. The number of nitrogens with zero attached hydrogens (tertiary/aromatic N) is 1. The standard InChI is InChI=1S/C17H17NO5S/c1-23-16-10-11-18(15-5-3-2-4-14(15)16)24(21,22)13-8-6-12(7-9-13)17(19)20/h2-9,16H,10-11H2,1H3,(H,19,20). The number of benzene rings is 2. The first-order valence-corrected chi connectivity index (χ1v) is 8.87. The van der Waals surface area contributed by atoms with Crippen molar-refractivity contribution < 1.29 is 23.1 Å². The van der Waals surface area contributed by atoms with Crippen LogP contribution in [-0.2, 0) is 14.8 Å². The molecular formula is C17H17NO5S. The molecule has 0 fully saturated rings. The van der Waals surface area contributed by atoms with Gasteiger partial charge in [-0.15, -0.1) is 0 Å². The third kappa shape index (κ3) is 2.76. The van der Waals surface area contributed by atoms with E-state index in [4.69, 9.17) is 9.84 Å². The lowest BCUT2D eigenvalue weighted by molar-refractivity contribution is 0.0696. The summed E-state index contributed by atoms with van der Waals surface area (Å²) in [6.07, 6.45) is 0.419. The molecule has 1 unspecified atom stereocenters. The molecule has 3 rings (SSSR count). The third-order valence-electron chi connectivity index (χ3n) is 4.12. The van der Waals surface area contributed by atoms with Gasteiger partial charge in [-0.1, -0.05) is 18.2 Å². The highest BCUT2D eigenvalue weighted by atomic mass is 32.2. The Morgan fingerprint density at radius 2 is 1.83 bits per heavy atom. The summed E-state index contributed by atoms with van der Waals surface area (Å²) in [4.78, 5) is 11.0. The summed E-state index contributed by atoms with van der Waals surface area (Å²) in [5.41, 5.74) is 1.47. The maximum Gasteiger partial charge on any atom is 0.335 e. The van der Waals surface area contributed by atoms with Crippen LogP contribution < -0.4 is 4.31 Å². The molecule has 2 aromatic rings. The molecule has 2 aromatic carbocycles. The Balaban J connectivity index is 2.02. The number of para-hydroxylation sites is 1. The fourth-order valence-electron chi connectivity index (χ4n) is 2.89. The van der Waals surface area contributed by atoms with Crippen LogP contribution in [0.1, 0.15) is 28.4 Å². The number of carbonyl (C=O) groups is 1. The Kier molecular flexibility index (Phi) is 4.29. The minimum Gasteiger partial charge on any atom is -0.478 e. The summed E-state index contributed by atoms with van der Waals surface area (Å²) >= 11 is 0. The number of hydrogen-bond acceptors (Lipinski definition) is 4. The van der Waals surface area contributed by atoms with Crippen LogP contribution in [0.5, 0.6) is 0 Å². The summed E-state index contributed by atoms with van der Waals surface area (Å²) < 4.78 is 32.7. The van der Waals surface area contributed by atoms with E-state index in [1.165, 1.54) is 28.6 Å². The van der Waals surface area contributed by atoms with Crippen molar-refractivity contribution in [2.45, 2.75) is 17.4 Å². The van der Waals surface area contributed by atoms with Gasteiger partial charge >= 0.3 is 5.97 Å². The van der Waals surface area contributed by atoms with Gasteiger partial charge in [0.05, 0.1) is 22.3 Å². The Labute approximate surface area is 140 Å². The molecule has 0 spiro atoms. The number of rotatable bonds is 4. The number of carboxylic acids is 1. The predicted octanol–water partition coefficient (Wildman–Crippen LogP) is 2.67. The van der Waals surface area contributed by atoms with Gasteiger partial charge in [0.15, 0.2) is 0 Å². The summed E-state index contributed by atoms with van der Waals surface area (Å²) in [7, 11) is -2.16. The van der Waals surface area contributed by atoms with Gasteiger partial charge in [-0.3, -0.25) is 4.31 Å². The lowest BCUT2D eigenvalue weighted by atomic mass is 10.0. The fraction of sp³-hybridized carbons (Fsp3) is 0.235. The molecule has 126 valence electrons. The minimum absolute atomic E-state index is 0.0486. The zero-order chi connectivity index (χ0) is 17.3. The van der Waals surface area contributed by atoms with Crippen LogP contribution in [0.4, 0.5) is 5.69 Å². The van der Waals surface area contributed by atoms with Crippen molar-refractivity contribution in [2.24, 2.45) is 0 Å². The van der Waals surface area contributed by atoms with E-state index in [1.54, 1.807) is 19.2 Å².